The molecule has 3 N–H and O–H groups in total. The SMILES string of the molecule is Cl.Nc1ccc(CCNS(=O)(=O)c2ccc(OCC3CCOC3)c(F)c2)cc1. The van der Waals surface area contributed by atoms with Gasteiger partial charge in [0.25, 0.3) is 0 Å². The number of ether oxygens (including phenoxy) is 2. The Kier molecular flexibility index (Phi) is 8.06. The summed E-state index contributed by atoms with van der Waals surface area (Å²) in [5.74, 6) is -0.416. The maximum Gasteiger partial charge on any atom is 0.240 e. The quantitative estimate of drug-likeness (QED) is 0.628. The predicted molar refractivity (Wildman–Crippen MR) is 108 cm³/mol. The molecule has 2 aromatic carbocycles. The minimum Gasteiger partial charge on any atom is -0.490 e. The average molecular weight is 431 g/mol. The largest absolute Gasteiger partial charge is 0.490 e. The highest BCUT2D eigenvalue weighted by molar-refractivity contribution is 7.89. The third-order valence-corrected chi connectivity index (χ3v) is 5.86. The van der Waals surface area contributed by atoms with Gasteiger partial charge in [-0.05, 0) is 48.7 Å². The van der Waals surface area contributed by atoms with Gasteiger partial charge in [0.1, 0.15) is 0 Å². The second-order valence-electron chi connectivity index (χ2n) is 6.52. The van der Waals surface area contributed by atoms with Gasteiger partial charge < -0.3 is 15.2 Å². The summed E-state index contributed by atoms with van der Waals surface area (Å²) in [6.45, 7) is 1.85. The van der Waals surface area contributed by atoms with Crippen molar-refractivity contribution < 1.29 is 22.3 Å². The van der Waals surface area contributed by atoms with Gasteiger partial charge in [0, 0.05) is 24.8 Å². The molecule has 6 nitrogen and oxygen atoms in total. The van der Waals surface area contributed by atoms with Crippen molar-refractivity contribution >= 4 is 28.1 Å². The number of sulfonamides is 1. The first-order chi connectivity index (χ1) is 12.9. The van der Waals surface area contributed by atoms with Gasteiger partial charge in [0.05, 0.1) is 18.1 Å². The van der Waals surface area contributed by atoms with Crippen molar-refractivity contribution in [1.82, 2.24) is 4.72 Å². The fraction of sp³-hybridized carbons (Fsp3) is 0.368. The predicted octanol–water partition coefficient (Wildman–Crippen LogP) is 2.77. The minimum atomic E-state index is -3.80. The molecule has 0 radical (unpaired) electrons. The molecule has 1 aliphatic rings. The van der Waals surface area contributed by atoms with Crippen LogP contribution in [-0.4, -0.2) is 34.8 Å². The molecule has 154 valence electrons. The highest BCUT2D eigenvalue weighted by atomic mass is 35.5. The molecule has 1 heterocycles. The van der Waals surface area contributed by atoms with Gasteiger partial charge in [-0.2, -0.15) is 0 Å². The first-order valence-electron chi connectivity index (χ1n) is 8.78. The second-order valence-corrected chi connectivity index (χ2v) is 8.29. The van der Waals surface area contributed by atoms with E-state index >= 15 is 0 Å². The Bertz CT molecular complexity index is 872. The molecule has 0 amide bonds. The second kappa shape index (κ2) is 10.1. The smallest absolute Gasteiger partial charge is 0.240 e. The maximum atomic E-state index is 14.2. The van der Waals surface area contributed by atoms with E-state index < -0.39 is 15.8 Å². The molecular weight excluding hydrogens is 407 g/mol. The van der Waals surface area contributed by atoms with E-state index in [1.165, 1.54) is 12.1 Å². The summed E-state index contributed by atoms with van der Waals surface area (Å²) >= 11 is 0. The Morgan fingerprint density at radius 1 is 1.21 bits per heavy atom. The van der Waals surface area contributed by atoms with Crippen molar-refractivity contribution in [3.05, 3.63) is 53.8 Å². The Morgan fingerprint density at radius 2 is 1.96 bits per heavy atom. The number of halogens is 2. The van der Waals surface area contributed by atoms with E-state index in [-0.39, 0.29) is 35.5 Å². The first kappa shape index (κ1) is 22.4. The molecule has 1 fully saturated rings. The van der Waals surface area contributed by atoms with E-state index in [1.54, 1.807) is 12.1 Å². The zero-order valence-electron chi connectivity index (χ0n) is 15.3. The van der Waals surface area contributed by atoms with E-state index in [9.17, 15) is 12.8 Å². The molecule has 0 bridgehead atoms. The first-order valence-corrected chi connectivity index (χ1v) is 10.3. The van der Waals surface area contributed by atoms with E-state index in [2.05, 4.69) is 4.72 Å². The number of nitrogens with one attached hydrogen (secondary N) is 1. The van der Waals surface area contributed by atoms with Gasteiger partial charge in [-0.3, -0.25) is 0 Å². The molecule has 3 rings (SSSR count). The monoisotopic (exact) mass is 430 g/mol. The number of rotatable bonds is 8. The number of anilines is 1. The number of hydrogen-bond donors (Lipinski definition) is 2. The van der Waals surface area contributed by atoms with Crippen LogP contribution < -0.4 is 15.2 Å². The van der Waals surface area contributed by atoms with E-state index in [4.69, 9.17) is 15.2 Å². The lowest BCUT2D eigenvalue weighted by atomic mass is 10.1. The fourth-order valence-electron chi connectivity index (χ4n) is 2.79. The van der Waals surface area contributed by atoms with Crippen LogP contribution in [0, 0.1) is 11.7 Å². The van der Waals surface area contributed by atoms with Gasteiger partial charge in [0.2, 0.25) is 10.0 Å². The molecule has 1 unspecified atom stereocenters. The van der Waals surface area contributed by atoms with Crippen LogP contribution in [0.4, 0.5) is 10.1 Å². The van der Waals surface area contributed by atoms with Gasteiger partial charge in [-0.15, -0.1) is 12.4 Å². The van der Waals surface area contributed by atoms with Crippen molar-refractivity contribution in [2.45, 2.75) is 17.7 Å². The van der Waals surface area contributed by atoms with Gasteiger partial charge in [-0.1, -0.05) is 12.1 Å². The number of hydrogen-bond acceptors (Lipinski definition) is 5. The van der Waals surface area contributed by atoms with Crippen LogP contribution in [0.3, 0.4) is 0 Å². The summed E-state index contributed by atoms with van der Waals surface area (Å²) in [6, 6.07) is 10.9. The molecule has 1 aliphatic heterocycles. The molecule has 1 saturated heterocycles. The number of nitrogens with two attached hydrogens (primary N) is 1. The van der Waals surface area contributed by atoms with Crippen LogP contribution in [0.25, 0.3) is 0 Å². The molecule has 9 heteroatoms. The Morgan fingerprint density at radius 3 is 2.61 bits per heavy atom. The average Bonchev–Trinajstić information content (AvgIpc) is 3.16. The zero-order chi connectivity index (χ0) is 19.3. The Labute approximate surface area is 170 Å². The molecule has 28 heavy (non-hydrogen) atoms. The van der Waals surface area contributed by atoms with Crippen LogP contribution in [0.5, 0.6) is 5.75 Å². The molecule has 1 atom stereocenters. The van der Waals surface area contributed by atoms with Gasteiger partial charge in [0.15, 0.2) is 11.6 Å². The van der Waals surface area contributed by atoms with Crippen molar-refractivity contribution in [2.75, 3.05) is 32.1 Å². The fourth-order valence-corrected chi connectivity index (χ4v) is 3.83. The summed E-state index contributed by atoms with van der Waals surface area (Å²) < 4.78 is 52.1. The van der Waals surface area contributed by atoms with Crippen LogP contribution in [0.1, 0.15) is 12.0 Å². The molecule has 2 aromatic rings. The van der Waals surface area contributed by atoms with Crippen LogP contribution in [0.15, 0.2) is 47.4 Å². The van der Waals surface area contributed by atoms with Crippen molar-refractivity contribution in [3.63, 3.8) is 0 Å². The number of benzene rings is 2. The summed E-state index contributed by atoms with van der Waals surface area (Å²) in [4.78, 5) is -0.131. The highest BCUT2D eigenvalue weighted by Gasteiger charge is 2.19. The summed E-state index contributed by atoms with van der Waals surface area (Å²) in [5, 5.41) is 0. The third-order valence-electron chi connectivity index (χ3n) is 4.40. The molecule has 0 saturated carbocycles. The van der Waals surface area contributed by atoms with Crippen molar-refractivity contribution in [3.8, 4) is 5.75 Å². The van der Waals surface area contributed by atoms with Crippen molar-refractivity contribution in [1.29, 1.82) is 0 Å². The van der Waals surface area contributed by atoms with E-state index in [0.717, 1.165) is 18.1 Å². The summed E-state index contributed by atoms with van der Waals surface area (Å²) in [6.07, 6.45) is 1.39. The molecular formula is C19H24ClFN2O4S. The summed E-state index contributed by atoms with van der Waals surface area (Å²) in [5.41, 5.74) is 7.23. The van der Waals surface area contributed by atoms with Crippen LogP contribution in [-0.2, 0) is 21.2 Å². The minimum absolute atomic E-state index is 0. The summed E-state index contributed by atoms with van der Waals surface area (Å²) in [7, 11) is -3.80. The molecule has 0 aromatic heterocycles. The topological polar surface area (TPSA) is 90.7 Å². The standard InChI is InChI=1S/C19H23FN2O4S.ClH/c20-18-11-17(5-6-19(18)26-13-15-8-10-25-12-15)27(23,24)22-9-7-14-1-3-16(21)4-2-14;/h1-6,11,15,22H,7-10,12-13,21H2;1H. The highest BCUT2D eigenvalue weighted by Crippen LogP contribution is 2.23. The van der Waals surface area contributed by atoms with Gasteiger partial charge in [-0.25, -0.2) is 17.5 Å². The maximum absolute atomic E-state index is 14.2. The van der Waals surface area contributed by atoms with E-state index in [1.807, 2.05) is 12.1 Å². The van der Waals surface area contributed by atoms with Crippen LogP contribution in [0.2, 0.25) is 0 Å². The van der Waals surface area contributed by atoms with Crippen LogP contribution >= 0.6 is 12.4 Å². The Balaban J connectivity index is 0.00000280. The zero-order valence-corrected chi connectivity index (χ0v) is 16.9. The Hall–Kier alpha value is -1.87. The third kappa shape index (κ3) is 6.07. The normalized spacial score (nSPS) is 16.5. The number of nitrogen functional groups attached to an aromatic ring is 1. The van der Waals surface area contributed by atoms with E-state index in [0.29, 0.717) is 31.9 Å². The lowest BCUT2D eigenvalue weighted by Crippen LogP contribution is -2.26. The van der Waals surface area contributed by atoms with Crippen molar-refractivity contribution in [2.24, 2.45) is 5.92 Å². The lowest BCUT2D eigenvalue weighted by molar-refractivity contribution is 0.165. The lowest BCUT2D eigenvalue weighted by Gasteiger charge is -2.12. The molecule has 0 spiro atoms. The molecule has 0 aliphatic carbocycles. The van der Waals surface area contributed by atoms with Gasteiger partial charge >= 0.3 is 0 Å².